The van der Waals surface area contributed by atoms with Gasteiger partial charge >= 0.3 is 0 Å². The molecule has 8 aromatic carbocycles. The fourth-order valence-corrected chi connectivity index (χ4v) is 7.75. The Morgan fingerprint density at radius 3 is 1.91 bits per heavy atom. The predicted octanol–water partition coefficient (Wildman–Crippen LogP) is 11.9. The van der Waals surface area contributed by atoms with Crippen molar-refractivity contribution in [2.45, 2.75) is 19.3 Å². The van der Waals surface area contributed by atoms with Gasteiger partial charge in [0.05, 0.1) is 0 Å². The van der Waals surface area contributed by atoms with Gasteiger partial charge in [0.25, 0.3) is 0 Å². The summed E-state index contributed by atoms with van der Waals surface area (Å²) in [6.45, 7) is 4.78. The number of benzene rings is 8. The molecule has 1 aliphatic rings. The van der Waals surface area contributed by atoms with Crippen molar-refractivity contribution in [1.82, 2.24) is 0 Å². The lowest BCUT2D eigenvalue weighted by Gasteiger charge is -2.23. The minimum atomic E-state index is -0.106. The highest BCUT2D eigenvalue weighted by Crippen LogP contribution is 2.53. The molecule has 0 nitrogen and oxygen atoms in total. The molecule has 0 radical (unpaired) electrons. The van der Waals surface area contributed by atoms with E-state index in [1.54, 1.807) is 0 Å². The molecule has 0 aliphatic heterocycles. The predicted molar refractivity (Wildman–Crippen MR) is 185 cm³/mol. The van der Waals surface area contributed by atoms with E-state index in [9.17, 15) is 0 Å². The fraction of sp³-hybridized carbons (Fsp3) is 0.0698. The van der Waals surface area contributed by atoms with Gasteiger partial charge in [-0.2, -0.15) is 0 Å². The van der Waals surface area contributed by atoms with Gasteiger partial charge in [-0.05, 0) is 99.7 Å². The smallest absolute Gasteiger partial charge is 0.0159 e. The molecule has 0 spiro atoms. The van der Waals surface area contributed by atoms with Gasteiger partial charge < -0.3 is 0 Å². The van der Waals surface area contributed by atoms with Crippen LogP contribution in [0.5, 0.6) is 0 Å². The molecule has 0 heterocycles. The lowest BCUT2D eigenvalue weighted by atomic mass is 9.80. The molecule has 0 atom stereocenters. The lowest BCUT2D eigenvalue weighted by molar-refractivity contribution is 0.661. The monoisotopic (exact) mass is 546 g/mol. The van der Waals surface area contributed by atoms with E-state index in [1.165, 1.54) is 87.6 Å². The summed E-state index contributed by atoms with van der Waals surface area (Å²) in [5.41, 5.74) is 10.6. The molecule has 0 N–H and O–H groups in total. The van der Waals surface area contributed by atoms with Crippen molar-refractivity contribution >= 4 is 43.1 Å². The summed E-state index contributed by atoms with van der Waals surface area (Å²) in [5, 5.41) is 10.4. The average Bonchev–Trinajstić information content (AvgIpc) is 3.29. The summed E-state index contributed by atoms with van der Waals surface area (Å²) in [7, 11) is 0. The van der Waals surface area contributed by atoms with E-state index in [1.807, 2.05) is 0 Å². The summed E-state index contributed by atoms with van der Waals surface area (Å²) in [4.78, 5) is 0. The highest BCUT2D eigenvalue weighted by atomic mass is 14.4. The highest BCUT2D eigenvalue weighted by molar-refractivity contribution is 6.20. The highest BCUT2D eigenvalue weighted by Gasteiger charge is 2.37. The first kappa shape index (κ1) is 24.4. The van der Waals surface area contributed by atoms with Crippen molar-refractivity contribution in [2.24, 2.45) is 0 Å². The summed E-state index contributed by atoms with van der Waals surface area (Å²) in [5.74, 6) is 0. The van der Waals surface area contributed by atoms with E-state index < -0.39 is 0 Å². The van der Waals surface area contributed by atoms with Crippen LogP contribution in [0.15, 0.2) is 146 Å². The van der Waals surface area contributed by atoms with E-state index in [4.69, 9.17) is 0 Å². The van der Waals surface area contributed by atoms with E-state index in [-0.39, 0.29) is 5.41 Å². The summed E-state index contributed by atoms with van der Waals surface area (Å²) in [6, 6.07) is 54.1. The summed E-state index contributed by atoms with van der Waals surface area (Å²) in [6.07, 6.45) is 0. The third kappa shape index (κ3) is 3.44. The van der Waals surface area contributed by atoms with Gasteiger partial charge in [0.1, 0.15) is 0 Å². The minimum Gasteiger partial charge on any atom is -0.0622 e. The molecule has 0 saturated heterocycles. The van der Waals surface area contributed by atoms with Crippen LogP contribution in [0.25, 0.3) is 76.5 Å². The molecule has 1 aliphatic carbocycles. The second kappa shape index (κ2) is 8.90. The van der Waals surface area contributed by atoms with Crippen LogP contribution in [0.4, 0.5) is 0 Å². The maximum atomic E-state index is 2.48. The van der Waals surface area contributed by atoms with Crippen molar-refractivity contribution in [3.63, 3.8) is 0 Å². The summed E-state index contributed by atoms with van der Waals surface area (Å²) >= 11 is 0. The van der Waals surface area contributed by atoms with Crippen LogP contribution in [-0.4, -0.2) is 0 Å². The first-order valence-electron chi connectivity index (χ1n) is 15.2. The number of hydrogen-bond acceptors (Lipinski definition) is 0. The second-order valence-electron chi connectivity index (χ2n) is 12.5. The Hall–Kier alpha value is -5.20. The van der Waals surface area contributed by atoms with Gasteiger partial charge in [-0.3, -0.25) is 0 Å². The average molecular weight is 547 g/mol. The third-order valence-electron chi connectivity index (χ3n) is 9.84. The first-order chi connectivity index (χ1) is 21.1. The fourth-order valence-electron chi connectivity index (χ4n) is 7.75. The first-order valence-corrected chi connectivity index (χ1v) is 15.2. The molecule has 0 amide bonds. The van der Waals surface area contributed by atoms with Crippen LogP contribution in [0.1, 0.15) is 25.0 Å². The largest absolute Gasteiger partial charge is 0.0622 e. The summed E-state index contributed by atoms with van der Waals surface area (Å²) < 4.78 is 0. The van der Waals surface area contributed by atoms with Gasteiger partial charge in [-0.15, -0.1) is 0 Å². The van der Waals surface area contributed by atoms with Crippen LogP contribution >= 0.6 is 0 Å². The van der Waals surface area contributed by atoms with Gasteiger partial charge in [0.2, 0.25) is 0 Å². The molecule has 0 fully saturated rings. The Morgan fingerprint density at radius 1 is 0.349 bits per heavy atom. The van der Waals surface area contributed by atoms with Crippen LogP contribution in [0, 0.1) is 0 Å². The van der Waals surface area contributed by atoms with Gasteiger partial charge in [-0.1, -0.05) is 147 Å². The zero-order chi connectivity index (χ0) is 28.7. The second-order valence-corrected chi connectivity index (χ2v) is 12.5. The molecular formula is C43H30. The van der Waals surface area contributed by atoms with Crippen LogP contribution < -0.4 is 0 Å². The van der Waals surface area contributed by atoms with Crippen LogP contribution in [-0.2, 0) is 5.41 Å². The third-order valence-corrected chi connectivity index (χ3v) is 9.84. The molecule has 0 unspecified atom stereocenters. The Kier molecular flexibility index (Phi) is 5.05. The minimum absolute atomic E-state index is 0.106. The normalized spacial score (nSPS) is 13.5. The van der Waals surface area contributed by atoms with E-state index in [2.05, 4.69) is 159 Å². The molecular weight excluding hydrogens is 516 g/mol. The van der Waals surface area contributed by atoms with Crippen molar-refractivity contribution in [3.05, 3.63) is 157 Å². The maximum Gasteiger partial charge on any atom is 0.0159 e. The molecule has 43 heavy (non-hydrogen) atoms. The Labute approximate surface area is 251 Å². The van der Waals surface area contributed by atoms with E-state index in [0.717, 1.165) is 0 Å². The van der Waals surface area contributed by atoms with Crippen LogP contribution in [0.3, 0.4) is 0 Å². The topological polar surface area (TPSA) is 0 Å². The molecule has 202 valence electrons. The van der Waals surface area contributed by atoms with Gasteiger partial charge in [0, 0.05) is 5.41 Å². The van der Waals surface area contributed by atoms with Crippen molar-refractivity contribution in [2.75, 3.05) is 0 Å². The van der Waals surface area contributed by atoms with Crippen molar-refractivity contribution in [3.8, 4) is 33.4 Å². The van der Waals surface area contributed by atoms with Gasteiger partial charge in [-0.25, -0.2) is 0 Å². The van der Waals surface area contributed by atoms with E-state index in [0.29, 0.717) is 0 Å². The Bertz CT molecular complexity index is 2410. The number of fused-ring (bicyclic) bond motifs is 9. The van der Waals surface area contributed by atoms with E-state index >= 15 is 0 Å². The van der Waals surface area contributed by atoms with Crippen molar-refractivity contribution < 1.29 is 0 Å². The molecule has 0 bridgehead atoms. The standard InChI is InChI=1S/C43H30/c1-43(2)39-24-23-34-31(27-11-4-3-5-12-27)17-10-18-35(34)42(39)37-22-20-30(26-40(37)43)41-33-16-9-7-14-29(33)25-38-32-15-8-6-13-28(32)19-21-36(38)41/h3-26H,1-2H3. The Balaban J connectivity index is 1.32. The number of hydrogen-bond donors (Lipinski definition) is 0. The zero-order valence-corrected chi connectivity index (χ0v) is 24.4. The van der Waals surface area contributed by atoms with Crippen molar-refractivity contribution in [1.29, 1.82) is 0 Å². The van der Waals surface area contributed by atoms with Crippen LogP contribution in [0.2, 0.25) is 0 Å². The van der Waals surface area contributed by atoms with Gasteiger partial charge in [0.15, 0.2) is 0 Å². The number of rotatable bonds is 2. The lowest BCUT2D eigenvalue weighted by Crippen LogP contribution is -2.15. The molecule has 0 heteroatoms. The Morgan fingerprint density at radius 2 is 1.05 bits per heavy atom. The molecule has 0 aromatic heterocycles. The quantitative estimate of drug-likeness (QED) is 0.149. The SMILES string of the molecule is CC1(C)c2cc(-c3c4ccccc4cc4c3ccc3ccccc34)ccc2-c2c1ccc1c(-c3ccccc3)cccc21. The molecule has 0 saturated carbocycles. The molecule has 9 rings (SSSR count). The maximum absolute atomic E-state index is 2.48. The zero-order valence-electron chi connectivity index (χ0n) is 24.4. The molecule has 8 aromatic rings.